The van der Waals surface area contributed by atoms with Crippen LogP contribution in [0.4, 0.5) is 11.4 Å². The number of nitrogens with one attached hydrogen (secondary N) is 1. The number of methoxy groups -OCH3 is 1. The Bertz CT molecular complexity index is 777. The fourth-order valence-corrected chi connectivity index (χ4v) is 3.43. The lowest BCUT2D eigenvalue weighted by atomic mass is 10.2. The third-order valence-corrected chi connectivity index (χ3v) is 4.93. The van der Waals surface area contributed by atoms with Crippen molar-refractivity contribution in [2.75, 3.05) is 50.1 Å². The van der Waals surface area contributed by atoms with Crippen LogP contribution < -0.4 is 15.0 Å². The van der Waals surface area contributed by atoms with Crippen molar-refractivity contribution < 1.29 is 9.53 Å². The van der Waals surface area contributed by atoms with E-state index in [1.54, 1.807) is 25.3 Å². The van der Waals surface area contributed by atoms with Crippen molar-refractivity contribution in [1.82, 2.24) is 4.90 Å². The van der Waals surface area contributed by atoms with Crippen molar-refractivity contribution in [3.05, 3.63) is 52.5 Å². The minimum absolute atomic E-state index is 0.0724. The van der Waals surface area contributed by atoms with E-state index in [4.69, 9.17) is 27.9 Å². The quantitative estimate of drug-likeness (QED) is 0.839. The van der Waals surface area contributed by atoms with Gasteiger partial charge < -0.3 is 15.0 Å². The van der Waals surface area contributed by atoms with Crippen molar-refractivity contribution in [3.8, 4) is 5.75 Å². The second-order valence-electron chi connectivity index (χ2n) is 6.11. The van der Waals surface area contributed by atoms with Gasteiger partial charge in [0.25, 0.3) is 0 Å². The van der Waals surface area contributed by atoms with E-state index in [9.17, 15) is 4.79 Å². The molecule has 3 rings (SSSR count). The summed E-state index contributed by atoms with van der Waals surface area (Å²) >= 11 is 12.2. The molecule has 138 valence electrons. The van der Waals surface area contributed by atoms with E-state index in [-0.39, 0.29) is 5.91 Å². The molecule has 1 fully saturated rings. The van der Waals surface area contributed by atoms with E-state index in [1.807, 2.05) is 24.3 Å². The number of anilines is 2. The molecule has 1 heterocycles. The summed E-state index contributed by atoms with van der Waals surface area (Å²) in [5.41, 5.74) is 1.67. The van der Waals surface area contributed by atoms with Gasteiger partial charge in [-0.25, -0.2) is 0 Å². The van der Waals surface area contributed by atoms with Gasteiger partial charge in [0.15, 0.2) is 0 Å². The molecule has 0 radical (unpaired) electrons. The average molecular weight is 394 g/mol. The van der Waals surface area contributed by atoms with E-state index >= 15 is 0 Å². The van der Waals surface area contributed by atoms with Crippen LogP contribution in [-0.2, 0) is 4.79 Å². The van der Waals surface area contributed by atoms with Crippen LogP contribution >= 0.6 is 23.2 Å². The summed E-state index contributed by atoms with van der Waals surface area (Å²) in [5.74, 6) is 0.478. The predicted octanol–water partition coefficient (Wildman–Crippen LogP) is 3.76. The summed E-state index contributed by atoms with van der Waals surface area (Å²) in [6, 6.07) is 13.0. The van der Waals surface area contributed by atoms with Gasteiger partial charge in [-0.15, -0.1) is 0 Å². The summed E-state index contributed by atoms with van der Waals surface area (Å²) in [6.45, 7) is 3.61. The molecule has 0 aromatic heterocycles. The van der Waals surface area contributed by atoms with Gasteiger partial charge in [0.2, 0.25) is 5.91 Å². The summed E-state index contributed by atoms with van der Waals surface area (Å²) < 4.78 is 5.26. The molecule has 7 heteroatoms. The molecular weight excluding hydrogens is 373 g/mol. The summed E-state index contributed by atoms with van der Waals surface area (Å²) in [4.78, 5) is 16.7. The third-order valence-electron chi connectivity index (χ3n) is 4.37. The highest BCUT2D eigenvalue weighted by Crippen LogP contribution is 2.28. The Balaban J connectivity index is 1.53. The van der Waals surface area contributed by atoms with E-state index < -0.39 is 0 Å². The topological polar surface area (TPSA) is 44.8 Å². The highest BCUT2D eigenvalue weighted by atomic mass is 35.5. The van der Waals surface area contributed by atoms with Crippen LogP contribution in [0.2, 0.25) is 10.0 Å². The zero-order valence-corrected chi connectivity index (χ0v) is 16.1. The Hall–Kier alpha value is -1.95. The highest BCUT2D eigenvalue weighted by Gasteiger charge is 2.20. The van der Waals surface area contributed by atoms with E-state index in [2.05, 4.69) is 15.1 Å². The van der Waals surface area contributed by atoms with Crippen LogP contribution in [0.25, 0.3) is 0 Å². The summed E-state index contributed by atoms with van der Waals surface area (Å²) in [7, 11) is 1.55. The van der Waals surface area contributed by atoms with Gasteiger partial charge in [0.05, 0.1) is 30.1 Å². The Morgan fingerprint density at radius 2 is 1.85 bits per heavy atom. The fourth-order valence-electron chi connectivity index (χ4n) is 3.02. The van der Waals surface area contributed by atoms with Crippen LogP contribution in [0, 0.1) is 0 Å². The number of nitrogens with zero attached hydrogens (tertiary/aromatic N) is 2. The lowest BCUT2D eigenvalue weighted by molar-refractivity contribution is -0.117. The monoisotopic (exact) mass is 393 g/mol. The summed E-state index contributed by atoms with van der Waals surface area (Å²) in [5, 5.41) is 4.21. The smallest absolute Gasteiger partial charge is 0.238 e. The molecule has 26 heavy (non-hydrogen) atoms. The molecule has 0 bridgehead atoms. The number of ether oxygens (including phenoxy) is 1. The van der Waals surface area contributed by atoms with Crippen molar-refractivity contribution in [2.45, 2.75) is 0 Å². The first-order valence-electron chi connectivity index (χ1n) is 8.42. The number of amides is 1. The Kier molecular flexibility index (Phi) is 6.25. The number of piperazine rings is 1. The fraction of sp³-hybridized carbons (Fsp3) is 0.316. The summed E-state index contributed by atoms with van der Waals surface area (Å²) in [6.07, 6.45) is 0. The maximum Gasteiger partial charge on any atom is 0.238 e. The molecule has 1 aliphatic heterocycles. The SMILES string of the molecule is COc1cc(Cl)ccc1NC(=O)CN1CCN(c2ccccc2Cl)CC1. The highest BCUT2D eigenvalue weighted by molar-refractivity contribution is 6.33. The standard InChI is InChI=1S/C19H21Cl2N3O2/c1-26-18-12-14(20)6-7-16(18)22-19(25)13-23-8-10-24(11-9-23)17-5-3-2-4-15(17)21/h2-7,12H,8-11,13H2,1H3,(H,22,25). The predicted molar refractivity (Wildman–Crippen MR) is 107 cm³/mol. The lowest BCUT2D eigenvalue weighted by Crippen LogP contribution is -2.48. The van der Waals surface area contributed by atoms with Gasteiger partial charge in [-0.2, -0.15) is 0 Å². The van der Waals surface area contributed by atoms with Crippen molar-refractivity contribution in [3.63, 3.8) is 0 Å². The molecule has 5 nitrogen and oxygen atoms in total. The van der Waals surface area contributed by atoms with E-state index in [0.29, 0.717) is 23.0 Å². The number of para-hydroxylation sites is 1. The molecule has 0 aliphatic carbocycles. The molecule has 1 saturated heterocycles. The molecule has 0 spiro atoms. The molecule has 0 unspecified atom stereocenters. The van der Waals surface area contributed by atoms with Gasteiger partial charge >= 0.3 is 0 Å². The van der Waals surface area contributed by atoms with Gasteiger partial charge in [0.1, 0.15) is 5.75 Å². The van der Waals surface area contributed by atoms with Crippen LogP contribution in [-0.4, -0.2) is 50.6 Å². The van der Waals surface area contributed by atoms with Crippen molar-refractivity contribution in [1.29, 1.82) is 0 Å². The van der Waals surface area contributed by atoms with Gasteiger partial charge in [0, 0.05) is 37.3 Å². The van der Waals surface area contributed by atoms with Crippen molar-refractivity contribution in [2.24, 2.45) is 0 Å². The molecule has 0 saturated carbocycles. The second-order valence-corrected chi connectivity index (χ2v) is 6.95. The number of halogens is 2. The zero-order chi connectivity index (χ0) is 18.5. The lowest BCUT2D eigenvalue weighted by Gasteiger charge is -2.36. The molecular formula is C19H21Cl2N3O2. The zero-order valence-electron chi connectivity index (χ0n) is 14.5. The van der Waals surface area contributed by atoms with Crippen LogP contribution in [0.1, 0.15) is 0 Å². The number of hydrogen-bond donors (Lipinski definition) is 1. The minimum atomic E-state index is -0.0724. The molecule has 2 aromatic carbocycles. The largest absolute Gasteiger partial charge is 0.495 e. The molecule has 1 amide bonds. The first kappa shape index (κ1) is 18.8. The van der Waals surface area contributed by atoms with Gasteiger partial charge in [-0.05, 0) is 24.3 Å². The Morgan fingerprint density at radius 3 is 2.54 bits per heavy atom. The minimum Gasteiger partial charge on any atom is -0.495 e. The third kappa shape index (κ3) is 4.61. The van der Waals surface area contributed by atoms with E-state index in [1.165, 1.54) is 0 Å². The van der Waals surface area contributed by atoms with Gasteiger partial charge in [-0.3, -0.25) is 9.69 Å². The molecule has 2 aromatic rings. The molecule has 1 aliphatic rings. The normalized spacial score (nSPS) is 15.0. The second kappa shape index (κ2) is 8.62. The van der Waals surface area contributed by atoms with E-state index in [0.717, 1.165) is 36.9 Å². The first-order valence-corrected chi connectivity index (χ1v) is 9.17. The van der Waals surface area contributed by atoms with Gasteiger partial charge in [-0.1, -0.05) is 35.3 Å². The number of carbonyl (C=O) groups excluding carboxylic acids is 1. The van der Waals surface area contributed by atoms with Crippen molar-refractivity contribution >= 4 is 40.5 Å². The Morgan fingerprint density at radius 1 is 1.12 bits per heavy atom. The average Bonchev–Trinajstić information content (AvgIpc) is 2.64. The first-order chi connectivity index (χ1) is 12.6. The van der Waals surface area contributed by atoms with Crippen LogP contribution in [0.15, 0.2) is 42.5 Å². The van der Waals surface area contributed by atoms with Crippen LogP contribution in [0.5, 0.6) is 5.75 Å². The number of hydrogen-bond acceptors (Lipinski definition) is 4. The van der Waals surface area contributed by atoms with Crippen LogP contribution in [0.3, 0.4) is 0 Å². The maximum atomic E-state index is 12.4. The number of carbonyl (C=O) groups is 1. The molecule has 1 N–H and O–H groups in total. The maximum absolute atomic E-state index is 12.4. The Labute approximate surface area is 163 Å². The molecule has 0 atom stereocenters. The number of rotatable bonds is 5. The number of benzene rings is 2.